The first kappa shape index (κ1) is 38.7. The SMILES string of the molecule is COC(=O)CC(C)c1cccc([C@@](C)(CCCC(C)(C)CS(=O)(=O)CCO[Si](C)(C)C(C)(C)C)C(=O)OCc2ccccc2)c1. The fraction of sp³-hybridized carbons (Fsp3) is 0.611. The van der Waals surface area contributed by atoms with E-state index in [4.69, 9.17) is 13.9 Å². The average Bonchev–Trinajstić information content (AvgIpc) is 2.94. The standard InChI is InChI=1S/C36H56O7SSi/c1-28(24-32(37)41-8)30-18-14-19-31(25-30)36(7,33(38)42-26-29-16-12-11-13-17-29)21-15-20-35(5,6)27-44(39,40)23-22-43-45(9,10)34(2,3)4/h11-14,16-19,25,28H,15,20-24,26-27H2,1-10H3/t28?,36-/m1/s1. The summed E-state index contributed by atoms with van der Waals surface area (Å²) >= 11 is 0. The quantitative estimate of drug-likeness (QED) is 0.125. The molecule has 45 heavy (non-hydrogen) atoms. The molecule has 0 aromatic heterocycles. The summed E-state index contributed by atoms with van der Waals surface area (Å²) in [7, 11) is -3.99. The molecule has 0 aliphatic carbocycles. The summed E-state index contributed by atoms with van der Waals surface area (Å²) in [4.78, 5) is 25.7. The van der Waals surface area contributed by atoms with Crippen LogP contribution in [0.25, 0.3) is 0 Å². The molecule has 0 aliphatic rings. The molecule has 2 aromatic rings. The minimum atomic E-state index is -3.34. The Labute approximate surface area is 273 Å². The zero-order valence-corrected chi connectivity index (χ0v) is 31.0. The van der Waals surface area contributed by atoms with Crippen molar-refractivity contribution in [1.82, 2.24) is 0 Å². The van der Waals surface area contributed by atoms with Crippen molar-refractivity contribution in [3.05, 3.63) is 71.3 Å². The Balaban J connectivity index is 2.19. The van der Waals surface area contributed by atoms with Gasteiger partial charge in [-0.25, -0.2) is 8.42 Å². The van der Waals surface area contributed by atoms with E-state index in [1.54, 1.807) is 0 Å². The minimum Gasteiger partial charge on any atom is -0.469 e. The first-order valence-corrected chi connectivity index (χ1v) is 20.7. The molecule has 0 N–H and O–H groups in total. The number of hydrogen-bond donors (Lipinski definition) is 0. The van der Waals surface area contributed by atoms with E-state index >= 15 is 0 Å². The van der Waals surface area contributed by atoms with Crippen molar-refractivity contribution >= 4 is 30.1 Å². The van der Waals surface area contributed by atoms with Crippen molar-refractivity contribution in [3.63, 3.8) is 0 Å². The van der Waals surface area contributed by atoms with Crippen LogP contribution < -0.4 is 0 Å². The van der Waals surface area contributed by atoms with Gasteiger partial charge in [0.25, 0.3) is 0 Å². The molecule has 0 heterocycles. The lowest BCUT2D eigenvalue weighted by molar-refractivity contribution is -0.152. The lowest BCUT2D eigenvalue weighted by atomic mass is 9.75. The van der Waals surface area contributed by atoms with Gasteiger partial charge < -0.3 is 13.9 Å². The van der Waals surface area contributed by atoms with Crippen molar-refractivity contribution in [2.45, 2.75) is 110 Å². The van der Waals surface area contributed by atoms with E-state index in [0.717, 1.165) is 16.7 Å². The van der Waals surface area contributed by atoms with Crippen LogP contribution in [-0.4, -0.2) is 53.9 Å². The molecule has 0 spiro atoms. The second-order valence-corrected chi connectivity index (χ2v) is 21.9. The van der Waals surface area contributed by atoms with Crippen LogP contribution in [0.4, 0.5) is 0 Å². The van der Waals surface area contributed by atoms with Crippen molar-refractivity contribution in [3.8, 4) is 0 Å². The predicted molar refractivity (Wildman–Crippen MR) is 185 cm³/mol. The van der Waals surface area contributed by atoms with E-state index in [0.29, 0.717) is 19.3 Å². The van der Waals surface area contributed by atoms with E-state index in [1.165, 1.54) is 7.11 Å². The van der Waals surface area contributed by atoms with Gasteiger partial charge in [-0.05, 0) is 65.9 Å². The Morgan fingerprint density at radius 1 is 0.911 bits per heavy atom. The fourth-order valence-corrected chi connectivity index (χ4v) is 8.20. The summed E-state index contributed by atoms with van der Waals surface area (Å²) in [6.07, 6.45) is 1.96. The highest BCUT2D eigenvalue weighted by molar-refractivity contribution is 7.91. The van der Waals surface area contributed by atoms with Gasteiger partial charge in [-0.1, -0.05) is 103 Å². The lowest BCUT2D eigenvalue weighted by Gasteiger charge is -2.36. The van der Waals surface area contributed by atoms with E-state index in [1.807, 2.05) is 82.3 Å². The molecule has 0 radical (unpaired) electrons. The summed E-state index contributed by atoms with van der Waals surface area (Å²) < 4.78 is 43.1. The van der Waals surface area contributed by atoms with Crippen LogP contribution in [0.15, 0.2) is 54.6 Å². The number of rotatable bonds is 17. The van der Waals surface area contributed by atoms with Crippen LogP contribution in [-0.2, 0) is 45.3 Å². The molecule has 0 saturated carbocycles. The monoisotopic (exact) mass is 660 g/mol. The van der Waals surface area contributed by atoms with E-state index < -0.39 is 29.0 Å². The third-order valence-electron chi connectivity index (χ3n) is 9.26. The zero-order chi connectivity index (χ0) is 34.1. The maximum atomic E-state index is 13.8. The molecule has 0 saturated heterocycles. The van der Waals surface area contributed by atoms with Crippen LogP contribution in [0, 0.1) is 5.41 Å². The van der Waals surface area contributed by atoms with Crippen molar-refractivity contribution < 1.29 is 31.9 Å². The van der Waals surface area contributed by atoms with Gasteiger partial charge in [0.1, 0.15) is 6.61 Å². The second-order valence-electron chi connectivity index (χ2n) is 14.9. The third-order valence-corrected chi connectivity index (χ3v) is 15.8. The number of carbonyl (C=O) groups excluding carboxylic acids is 2. The highest BCUT2D eigenvalue weighted by atomic mass is 32.2. The van der Waals surface area contributed by atoms with Crippen molar-refractivity contribution in [2.24, 2.45) is 5.41 Å². The third kappa shape index (κ3) is 12.0. The molecule has 7 nitrogen and oxygen atoms in total. The molecule has 0 bridgehead atoms. The molecule has 0 aliphatic heterocycles. The predicted octanol–water partition coefficient (Wildman–Crippen LogP) is 7.99. The van der Waals surface area contributed by atoms with Crippen LogP contribution in [0.5, 0.6) is 0 Å². The summed E-state index contributed by atoms with van der Waals surface area (Å²) in [6.45, 7) is 18.8. The second kappa shape index (κ2) is 15.9. The number of benzene rings is 2. The molecule has 9 heteroatoms. The van der Waals surface area contributed by atoms with E-state index in [-0.39, 0.29) is 54.0 Å². The summed E-state index contributed by atoms with van der Waals surface area (Å²) in [5, 5.41) is 0.0177. The highest BCUT2D eigenvalue weighted by Crippen LogP contribution is 2.38. The first-order valence-electron chi connectivity index (χ1n) is 15.9. The normalized spacial score (nSPS) is 14.8. The number of carbonyl (C=O) groups is 2. The number of esters is 2. The molecule has 252 valence electrons. The number of hydrogen-bond acceptors (Lipinski definition) is 7. The summed E-state index contributed by atoms with van der Waals surface area (Å²) in [5.41, 5.74) is 1.19. The van der Waals surface area contributed by atoms with Gasteiger partial charge in [0.2, 0.25) is 0 Å². The Bertz CT molecular complexity index is 1360. The van der Waals surface area contributed by atoms with Gasteiger partial charge in [0, 0.05) is 6.61 Å². The van der Waals surface area contributed by atoms with Crippen LogP contribution in [0.3, 0.4) is 0 Å². The highest BCUT2D eigenvalue weighted by Gasteiger charge is 2.39. The molecule has 2 atom stereocenters. The smallest absolute Gasteiger partial charge is 0.316 e. The van der Waals surface area contributed by atoms with Crippen molar-refractivity contribution in [1.29, 1.82) is 0 Å². The van der Waals surface area contributed by atoms with Gasteiger partial charge in [-0.15, -0.1) is 0 Å². The summed E-state index contributed by atoms with van der Waals surface area (Å²) in [5.74, 6) is -0.662. The number of sulfone groups is 1. The number of methoxy groups -OCH3 is 1. The molecule has 2 aromatic carbocycles. The van der Waals surface area contributed by atoms with Gasteiger partial charge in [0.05, 0.1) is 30.5 Å². The van der Waals surface area contributed by atoms with E-state index in [2.05, 4.69) is 33.9 Å². The zero-order valence-electron chi connectivity index (χ0n) is 29.2. The van der Waals surface area contributed by atoms with Gasteiger partial charge >= 0.3 is 11.9 Å². The largest absolute Gasteiger partial charge is 0.469 e. The van der Waals surface area contributed by atoms with Gasteiger partial charge in [0.15, 0.2) is 18.2 Å². The van der Waals surface area contributed by atoms with Gasteiger partial charge in [-0.2, -0.15) is 0 Å². The fourth-order valence-electron chi connectivity index (χ4n) is 5.19. The van der Waals surface area contributed by atoms with Crippen LogP contribution >= 0.6 is 0 Å². The minimum absolute atomic E-state index is 0.00299. The maximum absolute atomic E-state index is 13.8. The van der Waals surface area contributed by atoms with Gasteiger partial charge in [-0.3, -0.25) is 9.59 Å². The molecular weight excluding hydrogens is 605 g/mol. The maximum Gasteiger partial charge on any atom is 0.316 e. The Kier molecular flexibility index (Phi) is 13.6. The molecule has 0 fully saturated rings. The lowest BCUT2D eigenvalue weighted by Crippen LogP contribution is -2.42. The van der Waals surface area contributed by atoms with Crippen LogP contribution in [0.1, 0.15) is 96.8 Å². The first-order chi connectivity index (χ1) is 20.7. The average molecular weight is 661 g/mol. The number of ether oxygens (including phenoxy) is 2. The van der Waals surface area contributed by atoms with Crippen molar-refractivity contribution in [2.75, 3.05) is 25.2 Å². The molecule has 0 amide bonds. The Morgan fingerprint density at radius 3 is 2.16 bits per heavy atom. The Morgan fingerprint density at radius 2 is 1.56 bits per heavy atom. The molecule has 2 rings (SSSR count). The van der Waals surface area contributed by atoms with E-state index in [9.17, 15) is 18.0 Å². The summed E-state index contributed by atoms with van der Waals surface area (Å²) in [6, 6.07) is 17.3. The molecular formula is C36H56O7SSi. The Hall–Kier alpha value is -2.49. The molecule has 1 unspecified atom stereocenters. The van der Waals surface area contributed by atoms with Crippen LogP contribution in [0.2, 0.25) is 18.1 Å². The topological polar surface area (TPSA) is 96.0 Å².